The standard InChI is InChI=1S/C25H27ClFN3O3/c26-20-10-17(27)11-21-19(20)12-22(30-21)24(32)9-16(7-14-5-6-14)25(33)29-18(13-28)8-15-3-1-2-4-23(15)31/h10-12,14-16,18,30H,1-9H2,(H,29,33)/t15-,16+,18-/m0/s1. The number of nitrogens with zero attached hydrogens (tertiary/aromatic N) is 1. The molecule has 33 heavy (non-hydrogen) atoms. The predicted octanol–water partition coefficient (Wildman–Crippen LogP) is 5.11. The number of benzene rings is 1. The topological polar surface area (TPSA) is 103 Å². The largest absolute Gasteiger partial charge is 0.352 e. The lowest BCUT2D eigenvalue weighted by atomic mass is 9.83. The summed E-state index contributed by atoms with van der Waals surface area (Å²) in [5, 5.41) is 13.1. The Kier molecular flexibility index (Phi) is 7.14. The van der Waals surface area contributed by atoms with E-state index in [1.165, 1.54) is 12.1 Å². The number of H-pyrrole nitrogens is 1. The summed E-state index contributed by atoms with van der Waals surface area (Å²) in [5.74, 6) is -1.29. The molecule has 1 amide bonds. The lowest BCUT2D eigenvalue weighted by molar-refractivity contribution is -0.127. The molecule has 8 heteroatoms. The van der Waals surface area contributed by atoms with Crippen LogP contribution in [0.25, 0.3) is 10.9 Å². The van der Waals surface area contributed by atoms with Gasteiger partial charge in [0.1, 0.15) is 17.6 Å². The second kappa shape index (κ2) is 10.0. The van der Waals surface area contributed by atoms with Crippen LogP contribution < -0.4 is 5.32 Å². The van der Waals surface area contributed by atoms with Gasteiger partial charge in [-0.05, 0) is 49.8 Å². The van der Waals surface area contributed by atoms with E-state index in [4.69, 9.17) is 11.6 Å². The zero-order chi connectivity index (χ0) is 23.5. The second-order valence-corrected chi connectivity index (χ2v) is 9.78. The van der Waals surface area contributed by atoms with Crippen molar-refractivity contribution in [3.63, 3.8) is 0 Å². The Hall–Kier alpha value is -2.72. The highest BCUT2D eigenvalue weighted by atomic mass is 35.5. The number of aromatic nitrogens is 1. The quantitative estimate of drug-likeness (QED) is 0.496. The molecule has 2 fully saturated rings. The Morgan fingerprint density at radius 3 is 2.70 bits per heavy atom. The van der Waals surface area contributed by atoms with Crippen molar-refractivity contribution in [3.8, 4) is 6.07 Å². The van der Waals surface area contributed by atoms with E-state index < -0.39 is 17.8 Å². The van der Waals surface area contributed by atoms with Crippen molar-refractivity contribution >= 4 is 40.0 Å². The number of nitriles is 1. The van der Waals surface area contributed by atoms with Crippen molar-refractivity contribution in [2.45, 2.75) is 63.8 Å². The van der Waals surface area contributed by atoms with Gasteiger partial charge < -0.3 is 10.3 Å². The Morgan fingerprint density at radius 2 is 2.00 bits per heavy atom. The summed E-state index contributed by atoms with van der Waals surface area (Å²) in [7, 11) is 0. The summed E-state index contributed by atoms with van der Waals surface area (Å²) in [6.45, 7) is 0. The van der Waals surface area contributed by atoms with Gasteiger partial charge in [0.25, 0.3) is 0 Å². The van der Waals surface area contributed by atoms with Crippen molar-refractivity contribution < 1.29 is 18.8 Å². The molecule has 2 aliphatic carbocycles. The van der Waals surface area contributed by atoms with Gasteiger partial charge in [0, 0.05) is 30.1 Å². The summed E-state index contributed by atoms with van der Waals surface area (Å²) >= 11 is 6.09. The number of nitrogens with one attached hydrogen (secondary N) is 2. The van der Waals surface area contributed by atoms with Crippen LogP contribution in [0.4, 0.5) is 4.39 Å². The monoisotopic (exact) mass is 471 g/mol. The first-order valence-corrected chi connectivity index (χ1v) is 12.0. The minimum Gasteiger partial charge on any atom is -0.352 e. The van der Waals surface area contributed by atoms with Crippen molar-refractivity contribution in [1.82, 2.24) is 10.3 Å². The smallest absolute Gasteiger partial charge is 0.224 e. The van der Waals surface area contributed by atoms with E-state index in [0.29, 0.717) is 36.1 Å². The lowest BCUT2D eigenvalue weighted by Crippen LogP contribution is -2.41. The normalized spacial score (nSPS) is 20.3. The maximum atomic E-state index is 13.6. The molecule has 2 aliphatic rings. The highest BCUT2D eigenvalue weighted by Gasteiger charge is 2.33. The molecule has 0 aliphatic heterocycles. The summed E-state index contributed by atoms with van der Waals surface area (Å²) in [4.78, 5) is 41.1. The number of rotatable bonds is 9. The van der Waals surface area contributed by atoms with Crippen LogP contribution in [0.3, 0.4) is 0 Å². The van der Waals surface area contributed by atoms with E-state index in [1.807, 2.05) is 0 Å². The Morgan fingerprint density at radius 1 is 1.21 bits per heavy atom. The predicted molar refractivity (Wildman–Crippen MR) is 122 cm³/mol. The molecule has 1 aromatic carbocycles. The summed E-state index contributed by atoms with van der Waals surface area (Å²) in [6, 6.07) is 5.40. The number of aromatic amines is 1. The Bertz CT molecular complexity index is 1120. The van der Waals surface area contributed by atoms with Crippen molar-refractivity contribution in [1.29, 1.82) is 5.26 Å². The molecule has 2 aromatic rings. The first-order chi connectivity index (χ1) is 15.8. The number of carbonyl (C=O) groups is 3. The summed E-state index contributed by atoms with van der Waals surface area (Å²) in [6.07, 6.45) is 6.06. The molecule has 2 N–H and O–H groups in total. The van der Waals surface area contributed by atoms with Crippen LogP contribution in [0.15, 0.2) is 18.2 Å². The van der Waals surface area contributed by atoms with E-state index in [1.54, 1.807) is 6.07 Å². The molecule has 3 atom stereocenters. The average molecular weight is 472 g/mol. The third-order valence-corrected chi connectivity index (χ3v) is 7.06. The average Bonchev–Trinajstić information content (AvgIpc) is 3.49. The van der Waals surface area contributed by atoms with E-state index in [-0.39, 0.29) is 40.5 Å². The number of Topliss-reactive ketones (excluding diaryl/α,β-unsaturated/α-hetero) is 2. The molecule has 174 valence electrons. The molecule has 1 aromatic heterocycles. The van der Waals surface area contributed by atoms with E-state index in [2.05, 4.69) is 16.4 Å². The van der Waals surface area contributed by atoms with Gasteiger partial charge in [-0.1, -0.05) is 30.9 Å². The maximum absolute atomic E-state index is 13.6. The van der Waals surface area contributed by atoms with Crippen LogP contribution in [0, 0.1) is 34.9 Å². The molecular formula is C25H27ClFN3O3. The fraction of sp³-hybridized carbons (Fsp3) is 0.520. The van der Waals surface area contributed by atoms with Crippen LogP contribution in [0.1, 0.15) is 68.3 Å². The molecular weight excluding hydrogens is 445 g/mol. The number of carbonyl (C=O) groups excluding carboxylic acids is 3. The number of amides is 1. The lowest BCUT2D eigenvalue weighted by Gasteiger charge is -2.24. The van der Waals surface area contributed by atoms with Gasteiger partial charge >= 0.3 is 0 Å². The summed E-state index contributed by atoms with van der Waals surface area (Å²) < 4.78 is 13.6. The SMILES string of the molecule is N#C[C@H](C[C@@H]1CCCCC1=O)NC(=O)[C@@H](CC(=O)c1cc2c(Cl)cc(F)cc2[nH]1)CC1CC1. The van der Waals surface area contributed by atoms with Crippen LogP contribution in [-0.2, 0) is 9.59 Å². The Labute approximate surface area is 196 Å². The number of hydrogen-bond donors (Lipinski definition) is 2. The van der Waals surface area contributed by atoms with E-state index >= 15 is 0 Å². The fourth-order valence-electron chi connectivity index (χ4n) is 4.71. The van der Waals surface area contributed by atoms with Crippen molar-refractivity contribution in [2.75, 3.05) is 0 Å². The zero-order valence-corrected chi connectivity index (χ0v) is 19.1. The molecule has 0 saturated heterocycles. The molecule has 0 radical (unpaired) electrons. The number of hydrogen-bond acceptors (Lipinski definition) is 4. The molecule has 2 saturated carbocycles. The zero-order valence-electron chi connectivity index (χ0n) is 18.3. The maximum Gasteiger partial charge on any atom is 0.224 e. The van der Waals surface area contributed by atoms with Crippen LogP contribution in [0.2, 0.25) is 5.02 Å². The van der Waals surface area contributed by atoms with Gasteiger partial charge in [-0.25, -0.2) is 4.39 Å². The van der Waals surface area contributed by atoms with Gasteiger partial charge in [-0.3, -0.25) is 14.4 Å². The molecule has 0 bridgehead atoms. The van der Waals surface area contributed by atoms with Gasteiger partial charge in [-0.2, -0.15) is 5.26 Å². The Balaban J connectivity index is 1.44. The van der Waals surface area contributed by atoms with Gasteiger partial charge in [-0.15, -0.1) is 0 Å². The molecule has 6 nitrogen and oxygen atoms in total. The highest BCUT2D eigenvalue weighted by Crippen LogP contribution is 2.37. The van der Waals surface area contributed by atoms with Gasteiger partial charge in [0.2, 0.25) is 5.91 Å². The molecule has 4 rings (SSSR count). The number of halogens is 2. The highest BCUT2D eigenvalue weighted by molar-refractivity contribution is 6.35. The van der Waals surface area contributed by atoms with E-state index in [9.17, 15) is 24.0 Å². The van der Waals surface area contributed by atoms with Gasteiger partial charge in [0.15, 0.2) is 5.78 Å². The van der Waals surface area contributed by atoms with Crippen LogP contribution >= 0.6 is 11.6 Å². The minimum atomic E-state index is -0.754. The summed E-state index contributed by atoms with van der Waals surface area (Å²) in [5.41, 5.74) is 0.698. The van der Waals surface area contributed by atoms with Crippen molar-refractivity contribution in [3.05, 3.63) is 34.7 Å². The molecule has 1 heterocycles. The van der Waals surface area contributed by atoms with Crippen LogP contribution in [0.5, 0.6) is 0 Å². The fourth-order valence-corrected chi connectivity index (χ4v) is 4.97. The minimum absolute atomic E-state index is 0.0181. The number of fused-ring (bicyclic) bond motifs is 1. The van der Waals surface area contributed by atoms with Crippen molar-refractivity contribution in [2.24, 2.45) is 17.8 Å². The first kappa shape index (κ1) is 23.4. The van der Waals surface area contributed by atoms with Gasteiger partial charge in [0.05, 0.1) is 22.3 Å². The van der Waals surface area contributed by atoms with Crippen LogP contribution in [-0.4, -0.2) is 28.5 Å². The third-order valence-electron chi connectivity index (χ3n) is 6.74. The second-order valence-electron chi connectivity index (χ2n) is 9.37. The van der Waals surface area contributed by atoms with E-state index in [0.717, 1.165) is 32.1 Å². The molecule has 0 spiro atoms. The molecule has 0 unspecified atom stereocenters. The number of ketones is 2. The first-order valence-electron chi connectivity index (χ1n) is 11.6. The third kappa shape index (κ3) is 5.80.